The first-order chi connectivity index (χ1) is 12.6. The summed E-state index contributed by atoms with van der Waals surface area (Å²) in [4.78, 5) is 14.9. The predicted octanol–water partition coefficient (Wildman–Crippen LogP) is 3.17. The highest BCUT2D eigenvalue weighted by atomic mass is 79.9. The topological polar surface area (TPSA) is 56.6 Å². The van der Waals surface area contributed by atoms with Crippen molar-refractivity contribution in [1.29, 1.82) is 0 Å². The van der Waals surface area contributed by atoms with Crippen LogP contribution < -0.4 is 0 Å². The molecule has 4 rings (SSSR count). The van der Waals surface area contributed by atoms with Crippen molar-refractivity contribution in [3.63, 3.8) is 0 Å². The minimum atomic E-state index is -0.0888. The maximum absolute atomic E-state index is 12.9. The number of benzene rings is 1. The number of carbonyl (C=O) groups is 1. The zero-order chi connectivity index (χ0) is 18.1. The van der Waals surface area contributed by atoms with E-state index in [2.05, 4.69) is 21.0 Å². The smallest absolute Gasteiger partial charge is 0.257 e. The SMILES string of the molecule is Cc1c(C(=O)N2CCC(C3OCCO3)CC2)cnn1-c1ccc(Br)cc1. The summed E-state index contributed by atoms with van der Waals surface area (Å²) in [5.74, 6) is 0.436. The monoisotopic (exact) mass is 419 g/mol. The molecular formula is C19H22BrN3O3. The van der Waals surface area contributed by atoms with Crippen LogP contribution in [0.25, 0.3) is 5.69 Å². The van der Waals surface area contributed by atoms with Crippen molar-refractivity contribution in [2.24, 2.45) is 5.92 Å². The molecule has 6 nitrogen and oxygen atoms in total. The van der Waals surface area contributed by atoms with Gasteiger partial charge in [0.2, 0.25) is 0 Å². The van der Waals surface area contributed by atoms with Crippen molar-refractivity contribution in [3.8, 4) is 5.69 Å². The Morgan fingerprint density at radius 2 is 1.81 bits per heavy atom. The third-order valence-electron chi connectivity index (χ3n) is 5.17. The average Bonchev–Trinajstić information content (AvgIpc) is 3.32. The lowest BCUT2D eigenvalue weighted by molar-refractivity contribution is -0.0956. The molecule has 26 heavy (non-hydrogen) atoms. The zero-order valence-corrected chi connectivity index (χ0v) is 16.3. The number of hydrogen-bond acceptors (Lipinski definition) is 4. The molecule has 2 aromatic rings. The molecule has 7 heteroatoms. The molecule has 0 radical (unpaired) electrons. The molecule has 0 bridgehead atoms. The second kappa shape index (κ2) is 7.50. The van der Waals surface area contributed by atoms with Crippen LogP contribution in [-0.4, -0.2) is 53.2 Å². The number of likely N-dealkylation sites (tertiary alicyclic amines) is 1. The van der Waals surface area contributed by atoms with E-state index in [0.29, 0.717) is 24.7 Å². The lowest BCUT2D eigenvalue weighted by atomic mass is 9.95. The molecule has 0 saturated carbocycles. The molecule has 1 aromatic carbocycles. The predicted molar refractivity (Wildman–Crippen MR) is 100 cm³/mol. The Bertz CT molecular complexity index is 776. The average molecular weight is 420 g/mol. The summed E-state index contributed by atoms with van der Waals surface area (Å²) in [7, 11) is 0. The second-order valence-corrected chi connectivity index (χ2v) is 7.69. The number of rotatable bonds is 3. The molecular weight excluding hydrogens is 398 g/mol. The van der Waals surface area contributed by atoms with E-state index in [-0.39, 0.29) is 12.2 Å². The van der Waals surface area contributed by atoms with E-state index < -0.39 is 0 Å². The van der Waals surface area contributed by atoms with Crippen molar-refractivity contribution in [1.82, 2.24) is 14.7 Å². The first-order valence-electron chi connectivity index (χ1n) is 8.96. The summed E-state index contributed by atoms with van der Waals surface area (Å²) in [6.07, 6.45) is 3.41. The van der Waals surface area contributed by atoms with Gasteiger partial charge in [-0.25, -0.2) is 4.68 Å². The van der Waals surface area contributed by atoms with Gasteiger partial charge in [0.15, 0.2) is 6.29 Å². The van der Waals surface area contributed by atoms with Gasteiger partial charge in [0, 0.05) is 23.5 Å². The molecule has 0 atom stereocenters. The van der Waals surface area contributed by atoms with Crippen LogP contribution in [0, 0.1) is 12.8 Å². The van der Waals surface area contributed by atoms with Crippen molar-refractivity contribution >= 4 is 21.8 Å². The van der Waals surface area contributed by atoms with Crippen molar-refractivity contribution in [3.05, 3.63) is 46.2 Å². The van der Waals surface area contributed by atoms with E-state index in [1.165, 1.54) is 0 Å². The van der Waals surface area contributed by atoms with E-state index in [1.54, 1.807) is 6.20 Å². The van der Waals surface area contributed by atoms with E-state index in [9.17, 15) is 4.79 Å². The van der Waals surface area contributed by atoms with Crippen molar-refractivity contribution < 1.29 is 14.3 Å². The van der Waals surface area contributed by atoms with E-state index in [0.717, 1.165) is 41.8 Å². The lowest BCUT2D eigenvalue weighted by Crippen LogP contribution is -2.41. The Labute approximate surface area is 161 Å². The van der Waals surface area contributed by atoms with E-state index in [4.69, 9.17) is 9.47 Å². The van der Waals surface area contributed by atoms with Crippen LogP contribution in [0.4, 0.5) is 0 Å². The highest BCUT2D eigenvalue weighted by Gasteiger charge is 2.32. The summed E-state index contributed by atoms with van der Waals surface area (Å²) >= 11 is 3.44. The Morgan fingerprint density at radius 1 is 1.15 bits per heavy atom. The van der Waals surface area contributed by atoms with Gasteiger partial charge in [-0.2, -0.15) is 5.10 Å². The van der Waals surface area contributed by atoms with Crippen LogP contribution in [0.2, 0.25) is 0 Å². The molecule has 0 unspecified atom stereocenters. The fourth-order valence-corrected chi connectivity index (χ4v) is 3.92. The van der Waals surface area contributed by atoms with Crippen molar-refractivity contribution in [2.45, 2.75) is 26.1 Å². The third-order valence-corrected chi connectivity index (χ3v) is 5.70. The fourth-order valence-electron chi connectivity index (χ4n) is 3.66. The molecule has 2 aliphatic rings. The Balaban J connectivity index is 1.45. The van der Waals surface area contributed by atoms with Gasteiger partial charge in [-0.05, 0) is 44.0 Å². The minimum Gasteiger partial charge on any atom is -0.350 e. The van der Waals surface area contributed by atoms with Crippen LogP contribution in [0.15, 0.2) is 34.9 Å². The molecule has 1 amide bonds. The summed E-state index contributed by atoms with van der Waals surface area (Å²) in [5, 5.41) is 4.42. The highest BCUT2D eigenvalue weighted by molar-refractivity contribution is 9.10. The molecule has 2 aliphatic heterocycles. The highest BCUT2D eigenvalue weighted by Crippen LogP contribution is 2.27. The van der Waals surface area contributed by atoms with E-state index >= 15 is 0 Å². The summed E-state index contributed by atoms with van der Waals surface area (Å²) in [6, 6.07) is 7.89. The number of aromatic nitrogens is 2. The largest absolute Gasteiger partial charge is 0.350 e. The summed E-state index contributed by atoms with van der Waals surface area (Å²) < 4.78 is 14.0. The number of hydrogen-bond donors (Lipinski definition) is 0. The molecule has 3 heterocycles. The number of piperidine rings is 1. The van der Waals surface area contributed by atoms with Crippen LogP contribution in [0.3, 0.4) is 0 Å². The lowest BCUT2D eigenvalue weighted by Gasteiger charge is -2.33. The number of amides is 1. The first kappa shape index (κ1) is 17.7. The quantitative estimate of drug-likeness (QED) is 0.766. The molecule has 0 aliphatic carbocycles. The normalized spacial score (nSPS) is 19.2. The first-order valence-corrected chi connectivity index (χ1v) is 9.76. The Hall–Kier alpha value is -1.70. The summed E-state index contributed by atoms with van der Waals surface area (Å²) in [5.41, 5.74) is 2.47. The molecule has 2 saturated heterocycles. The van der Waals surface area contributed by atoms with Crippen LogP contribution in [0.5, 0.6) is 0 Å². The molecule has 0 spiro atoms. The molecule has 0 N–H and O–H groups in total. The minimum absolute atomic E-state index is 0.0533. The zero-order valence-electron chi connectivity index (χ0n) is 14.7. The Morgan fingerprint density at radius 3 is 2.46 bits per heavy atom. The van der Waals surface area contributed by atoms with E-state index in [1.807, 2.05) is 40.8 Å². The van der Waals surface area contributed by atoms with Gasteiger partial charge in [0.05, 0.1) is 36.4 Å². The van der Waals surface area contributed by atoms with Gasteiger partial charge in [0.1, 0.15) is 0 Å². The van der Waals surface area contributed by atoms with Crippen molar-refractivity contribution in [2.75, 3.05) is 26.3 Å². The molecule has 2 fully saturated rings. The van der Waals surface area contributed by atoms with Gasteiger partial charge in [-0.1, -0.05) is 15.9 Å². The van der Waals surface area contributed by atoms with Gasteiger partial charge in [-0.15, -0.1) is 0 Å². The summed E-state index contributed by atoms with van der Waals surface area (Å²) in [6.45, 7) is 4.76. The van der Waals surface area contributed by atoms with Crippen LogP contribution >= 0.6 is 15.9 Å². The maximum Gasteiger partial charge on any atom is 0.257 e. The van der Waals surface area contributed by atoms with Gasteiger partial charge >= 0.3 is 0 Å². The number of carbonyl (C=O) groups excluding carboxylic acids is 1. The third kappa shape index (κ3) is 3.43. The number of halogens is 1. The van der Waals surface area contributed by atoms with Crippen LogP contribution in [0.1, 0.15) is 28.9 Å². The molecule has 1 aromatic heterocycles. The van der Waals surface area contributed by atoms with Crippen LogP contribution in [-0.2, 0) is 9.47 Å². The number of ether oxygens (including phenoxy) is 2. The fraction of sp³-hybridized carbons (Fsp3) is 0.474. The standard InChI is InChI=1S/C19H22BrN3O3/c1-13-17(12-21-23(13)16-4-2-15(20)3-5-16)18(24)22-8-6-14(7-9-22)19-25-10-11-26-19/h2-5,12,14,19H,6-11H2,1H3. The number of nitrogens with zero attached hydrogens (tertiary/aromatic N) is 3. The maximum atomic E-state index is 12.9. The second-order valence-electron chi connectivity index (χ2n) is 6.77. The van der Waals surface area contributed by atoms with Gasteiger partial charge < -0.3 is 14.4 Å². The van der Waals surface area contributed by atoms with Gasteiger partial charge in [-0.3, -0.25) is 4.79 Å². The Kier molecular flexibility index (Phi) is 5.11. The molecule has 138 valence electrons. The van der Waals surface area contributed by atoms with Gasteiger partial charge in [0.25, 0.3) is 5.91 Å².